The van der Waals surface area contributed by atoms with E-state index in [1.54, 1.807) is 11.3 Å². The second-order valence-electron chi connectivity index (χ2n) is 2.81. The molecule has 0 aliphatic heterocycles. The van der Waals surface area contributed by atoms with E-state index in [1.165, 1.54) is 10.1 Å². The summed E-state index contributed by atoms with van der Waals surface area (Å²) in [5.41, 5.74) is 0. The van der Waals surface area contributed by atoms with Crippen molar-refractivity contribution in [3.05, 3.63) is 22.7 Å². The Balaban J connectivity index is 2.61. The van der Waals surface area contributed by atoms with Crippen molar-refractivity contribution in [2.24, 2.45) is 0 Å². The molecule has 0 N–H and O–H groups in total. The van der Waals surface area contributed by atoms with Crippen LogP contribution in [0.5, 0.6) is 5.75 Å². The van der Waals surface area contributed by atoms with Crippen LogP contribution < -0.4 is 4.74 Å². The van der Waals surface area contributed by atoms with Crippen LogP contribution in [0.4, 0.5) is 0 Å². The standard InChI is InChI=1S/C10H9BrOS2/c1-2-12-7-4-3-6-5-8(13)14-10(6)9(7)11/h3-5,13H,2H2,1H3. The third-order valence-corrected chi connectivity index (χ3v) is 4.30. The summed E-state index contributed by atoms with van der Waals surface area (Å²) in [5, 5.41) is 1.20. The first-order valence-corrected chi connectivity index (χ1v) is 6.32. The molecule has 0 saturated heterocycles. The lowest BCUT2D eigenvalue weighted by molar-refractivity contribution is 0.339. The van der Waals surface area contributed by atoms with Crippen molar-refractivity contribution in [1.29, 1.82) is 0 Å². The van der Waals surface area contributed by atoms with Crippen LogP contribution in [0.3, 0.4) is 0 Å². The Labute approximate surface area is 101 Å². The molecule has 1 heterocycles. The zero-order valence-corrected chi connectivity index (χ0v) is 10.9. The maximum atomic E-state index is 5.49. The number of thiophene rings is 1. The molecule has 0 radical (unpaired) electrons. The Morgan fingerprint density at radius 2 is 2.29 bits per heavy atom. The third-order valence-electron chi connectivity index (χ3n) is 1.88. The number of halogens is 1. The first-order chi connectivity index (χ1) is 6.72. The van der Waals surface area contributed by atoms with Gasteiger partial charge in [-0.25, -0.2) is 0 Å². The number of rotatable bonds is 2. The van der Waals surface area contributed by atoms with Crippen LogP contribution in [0.15, 0.2) is 26.9 Å². The van der Waals surface area contributed by atoms with Crippen LogP contribution in [0, 0.1) is 0 Å². The van der Waals surface area contributed by atoms with Crippen LogP contribution in [0.2, 0.25) is 0 Å². The Kier molecular flexibility index (Phi) is 3.04. The zero-order valence-electron chi connectivity index (χ0n) is 7.58. The summed E-state index contributed by atoms with van der Waals surface area (Å²) in [5.74, 6) is 0.898. The molecule has 0 atom stereocenters. The normalized spacial score (nSPS) is 10.8. The highest BCUT2D eigenvalue weighted by molar-refractivity contribution is 9.10. The summed E-state index contributed by atoms with van der Waals surface area (Å²) in [6.07, 6.45) is 0. The number of hydrogen-bond acceptors (Lipinski definition) is 3. The predicted molar refractivity (Wildman–Crippen MR) is 67.9 cm³/mol. The fourth-order valence-corrected chi connectivity index (χ4v) is 3.27. The van der Waals surface area contributed by atoms with Gasteiger partial charge in [-0.05, 0) is 46.4 Å². The molecule has 0 spiro atoms. The molecule has 0 bridgehead atoms. The second kappa shape index (κ2) is 4.13. The van der Waals surface area contributed by atoms with Gasteiger partial charge in [0.2, 0.25) is 0 Å². The first-order valence-electron chi connectivity index (χ1n) is 4.26. The van der Waals surface area contributed by atoms with E-state index in [0.717, 1.165) is 14.4 Å². The molecule has 0 fully saturated rings. The summed E-state index contributed by atoms with van der Waals surface area (Å²) in [6, 6.07) is 6.10. The third kappa shape index (κ3) is 1.78. The summed E-state index contributed by atoms with van der Waals surface area (Å²) >= 11 is 9.54. The number of benzene rings is 1. The molecule has 0 aliphatic rings. The number of fused-ring (bicyclic) bond motifs is 1. The van der Waals surface area contributed by atoms with Crippen molar-refractivity contribution in [3.8, 4) is 5.75 Å². The Hall–Kier alpha value is -0.190. The maximum absolute atomic E-state index is 5.49. The molecule has 1 aromatic heterocycles. The Bertz CT molecular complexity index is 464. The molecule has 1 aromatic carbocycles. The van der Waals surface area contributed by atoms with Crippen LogP contribution in [0.1, 0.15) is 6.92 Å². The Morgan fingerprint density at radius 1 is 1.50 bits per heavy atom. The largest absolute Gasteiger partial charge is 0.493 e. The van der Waals surface area contributed by atoms with Crippen LogP contribution in [0.25, 0.3) is 10.1 Å². The van der Waals surface area contributed by atoms with Gasteiger partial charge in [0.1, 0.15) is 5.75 Å². The molecular formula is C10H9BrOS2. The summed E-state index contributed by atoms with van der Waals surface area (Å²) in [7, 11) is 0. The van der Waals surface area contributed by atoms with Crippen molar-refractivity contribution in [2.45, 2.75) is 11.1 Å². The minimum Gasteiger partial charge on any atom is -0.493 e. The van der Waals surface area contributed by atoms with Crippen LogP contribution in [-0.4, -0.2) is 6.61 Å². The highest BCUT2D eigenvalue weighted by atomic mass is 79.9. The monoisotopic (exact) mass is 288 g/mol. The van der Waals surface area contributed by atoms with E-state index in [2.05, 4.69) is 40.7 Å². The molecule has 1 nitrogen and oxygen atoms in total. The van der Waals surface area contributed by atoms with E-state index >= 15 is 0 Å². The zero-order chi connectivity index (χ0) is 10.1. The van der Waals surface area contributed by atoms with E-state index in [9.17, 15) is 0 Å². The number of thiol groups is 1. The van der Waals surface area contributed by atoms with Gasteiger partial charge in [0.15, 0.2) is 0 Å². The van der Waals surface area contributed by atoms with E-state index in [0.29, 0.717) is 6.61 Å². The quantitative estimate of drug-likeness (QED) is 0.809. The van der Waals surface area contributed by atoms with Gasteiger partial charge in [-0.3, -0.25) is 0 Å². The van der Waals surface area contributed by atoms with Gasteiger partial charge in [-0.2, -0.15) is 0 Å². The SMILES string of the molecule is CCOc1ccc2cc(S)sc2c1Br. The summed E-state index contributed by atoms with van der Waals surface area (Å²) in [4.78, 5) is 0. The average molecular weight is 289 g/mol. The molecule has 74 valence electrons. The average Bonchev–Trinajstić information content (AvgIpc) is 2.52. The van der Waals surface area contributed by atoms with Gasteiger partial charge in [-0.15, -0.1) is 24.0 Å². The fourth-order valence-electron chi connectivity index (χ4n) is 1.30. The van der Waals surface area contributed by atoms with Gasteiger partial charge >= 0.3 is 0 Å². The minimum absolute atomic E-state index is 0.684. The highest BCUT2D eigenvalue weighted by Gasteiger charge is 2.08. The molecule has 0 aliphatic carbocycles. The minimum atomic E-state index is 0.684. The molecule has 4 heteroatoms. The topological polar surface area (TPSA) is 9.23 Å². The predicted octanol–water partition coefficient (Wildman–Crippen LogP) is 4.35. The molecular weight excluding hydrogens is 280 g/mol. The molecule has 2 aromatic rings. The van der Waals surface area contributed by atoms with Crippen molar-refractivity contribution < 1.29 is 4.74 Å². The first kappa shape index (κ1) is 10.3. The Morgan fingerprint density at radius 3 is 3.00 bits per heavy atom. The van der Waals surface area contributed by atoms with Gasteiger partial charge in [0, 0.05) is 0 Å². The summed E-state index contributed by atoms with van der Waals surface area (Å²) in [6.45, 7) is 2.66. The smallest absolute Gasteiger partial charge is 0.134 e. The van der Waals surface area contributed by atoms with Crippen molar-refractivity contribution in [1.82, 2.24) is 0 Å². The molecule has 0 unspecified atom stereocenters. The van der Waals surface area contributed by atoms with Gasteiger partial charge in [0.25, 0.3) is 0 Å². The molecule has 0 amide bonds. The van der Waals surface area contributed by atoms with E-state index in [4.69, 9.17) is 4.74 Å². The van der Waals surface area contributed by atoms with Crippen LogP contribution >= 0.6 is 39.9 Å². The van der Waals surface area contributed by atoms with Crippen molar-refractivity contribution in [2.75, 3.05) is 6.61 Å². The number of ether oxygens (including phenoxy) is 1. The van der Waals surface area contributed by atoms with Crippen molar-refractivity contribution in [3.63, 3.8) is 0 Å². The molecule has 2 rings (SSSR count). The van der Waals surface area contributed by atoms with E-state index in [-0.39, 0.29) is 0 Å². The molecule has 14 heavy (non-hydrogen) atoms. The van der Waals surface area contributed by atoms with Gasteiger partial charge < -0.3 is 4.74 Å². The van der Waals surface area contributed by atoms with Crippen molar-refractivity contribution >= 4 is 50.0 Å². The molecule has 0 saturated carbocycles. The maximum Gasteiger partial charge on any atom is 0.134 e. The highest BCUT2D eigenvalue weighted by Crippen LogP contribution is 2.39. The van der Waals surface area contributed by atoms with Gasteiger partial charge in [0.05, 0.1) is 20.0 Å². The van der Waals surface area contributed by atoms with Gasteiger partial charge in [-0.1, -0.05) is 0 Å². The fraction of sp³-hybridized carbons (Fsp3) is 0.200. The lowest BCUT2D eigenvalue weighted by Crippen LogP contribution is -1.91. The lowest BCUT2D eigenvalue weighted by Gasteiger charge is -2.05. The summed E-state index contributed by atoms with van der Waals surface area (Å²) < 4.78 is 8.74. The van der Waals surface area contributed by atoms with E-state index < -0.39 is 0 Å². The second-order valence-corrected chi connectivity index (χ2v) is 5.44. The number of hydrogen-bond donors (Lipinski definition) is 1. The van der Waals surface area contributed by atoms with E-state index in [1.807, 2.05) is 13.0 Å². The lowest BCUT2D eigenvalue weighted by atomic mass is 10.2. The van der Waals surface area contributed by atoms with Crippen LogP contribution in [-0.2, 0) is 0 Å².